The van der Waals surface area contributed by atoms with E-state index in [9.17, 15) is 10.1 Å². The molecule has 6 nitrogen and oxygen atoms in total. The first-order chi connectivity index (χ1) is 11.8. The highest BCUT2D eigenvalue weighted by atomic mass is 16.5. The Morgan fingerprint density at radius 2 is 1.84 bits per heavy atom. The predicted octanol–water partition coefficient (Wildman–Crippen LogP) is 3.34. The third-order valence-electron chi connectivity index (χ3n) is 4.10. The molecule has 0 N–H and O–H groups in total. The third-order valence-corrected chi connectivity index (χ3v) is 4.10. The van der Waals surface area contributed by atoms with Crippen molar-refractivity contribution in [3.05, 3.63) is 45.6 Å². The molecule has 0 unspecified atom stereocenters. The van der Waals surface area contributed by atoms with Crippen molar-refractivity contribution in [2.24, 2.45) is 0 Å². The number of benzene rings is 1. The van der Waals surface area contributed by atoms with Crippen LogP contribution in [-0.4, -0.2) is 30.0 Å². The average Bonchev–Trinajstić information content (AvgIpc) is 2.61. The summed E-state index contributed by atoms with van der Waals surface area (Å²) < 4.78 is 10.4. The number of ether oxygens (including phenoxy) is 2. The number of hydrogen-bond donors (Lipinski definition) is 0. The fourth-order valence-electron chi connectivity index (χ4n) is 2.66. The van der Waals surface area contributed by atoms with E-state index in [0.29, 0.717) is 22.6 Å². The van der Waals surface area contributed by atoms with Crippen LogP contribution in [0.2, 0.25) is 0 Å². The van der Waals surface area contributed by atoms with Crippen molar-refractivity contribution in [1.82, 2.24) is 9.97 Å². The van der Waals surface area contributed by atoms with Crippen molar-refractivity contribution in [2.75, 3.05) is 14.2 Å². The molecule has 0 radical (unpaired) electrons. The molecule has 0 aliphatic rings. The first-order valence-corrected chi connectivity index (χ1v) is 7.89. The molecule has 25 heavy (non-hydrogen) atoms. The topological polar surface area (TPSA) is 85.1 Å². The maximum Gasteiger partial charge on any atom is 0.320 e. The van der Waals surface area contributed by atoms with Gasteiger partial charge in [0.2, 0.25) is 11.7 Å². The Labute approximate surface area is 147 Å². The Balaban J connectivity index is 2.76. The molecule has 1 aromatic heterocycles. The van der Waals surface area contributed by atoms with Gasteiger partial charge in [-0.3, -0.25) is 4.79 Å². The molecule has 0 aliphatic carbocycles. The molecule has 6 heteroatoms. The highest BCUT2D eigenvalue weighted by Crippen LogP contribution is 2.31. The van der Waals surface area contributed by atoms with E-state index in [4.69, 9.17) is 9.47 Å². The summed E-state index contributed by atoms with van der Waals surface area (Å²) in [6.07, 6.45) is 0. The number of carbonyl (C=O) groups is 1. The summed E-state index contributed by atoms with van der Waals surface area (Å²) in [5, 5.41) is 9.21. The summed E-state index contributed by atoms with van der Waals surface area (Å²) in [6, 6.07) is 5.51. The van der Waals surface area contributed by atoms with Crippen LogP contribution < -0.4 is 9.47 Å². The maximum atomic E-state index is 13.2. The lowest BCUT2D eigenvalue weighted by molar-refractivity contribution is 0.103. The van der Waals surface area contributed by atoms with E-state index >= 15 is 0 Å². The zero-order chi connectivity index (χ0) is 18.7. The predicted molar refractivity (Wildman–Crippen MR) is 93.3 cm³/mol. The van der Waals surface area contributed by atoms with E-state index in [1.807, 2.05) is 27.7 Å². The molecule has 2 rings (SSSR count). The Morgan fingerprint density at radius 3 is 2.36 bits per heavy atom. The number of rotatable bonds is 5. The second-order valence-corrected chi connectivity index (χ2v) is 6.04. The van der Waals surface area contributed by atoms with Gasteiger partial charge in [0.05, 0.1) is 25.9 Å². The lowest BCUT2D eigenvalue weighted by Crippen LogP contribution is -2.15. The van der Waals surface area contributed by atoms with Crippen LogP contribution in [0.5, 0.6) is 11.9 Å². The van der Waals surface area contributed by atoms with Crippen molar-refractivity contribution in [3.8, 4) is 18.0 Å². The highest BCUT2D eigenvalue weighted by Gasteiger charge is 2.26. The molecule has 2 aromatic rings. The van der Waals surface area contributed by atoms with Gasteiger partial charge in [-0.15, -0.1) is 0 Å². The molecule has 0 amide bonds. The quantitative estimate of drug-likeness (QED) is 0.777. The molecule has 1 heterocycles. The van der Waals surface area contributed by atoms with E-state index < -0.39 is 0 Å². The molecule has 0 spiro atoms. The number of ketones is 1. The standard InChI is InChI=1S/C19H21N3O3/c1-10(2)15-16(21-19(25-6)22-18(15)24-5)17(23)14-8-13(9-20)7-11(3)12(14)4/h7-8,10H,1-6H3. The third kappa shape index (κ3) is 3.45. The Bertz CT molecular complexity index is 867. The monoisotopic (exact) mass is 339 g/mol. The van der Waals surface area contributed by atoms with Crippen molar-refractivity contribution in [3.63, 3.8) is 0 Å². The van der Waals surface area contributed by atoms with Gasteiger partial charge in [-0.05, 0) is 43.0 Å². The van der Waals surface area contributed by atoms with Gasteiger partial charge in [-0.2, -0.15) is 15.2 Å². The number of aryl methyl sites for hydroxylation is 1. The Morgan fingerprint density at radius 1 is 1.16 bits per heavy atom. The van der Waals surface area contributed by atoms with Crippen molar-refractivity contribution in [2.45, 2.75) is 33.6 Å². The van der Waals surface area contributed by atoms with Crippen molar-refractivity contribution >= 4 is 5.78 Å². The molecule has 0 saturated heterocycles. The molecule has 0 bridgehead atoms. The van der Waals surface area contributed by atoms with Crippen LogP contribution in [-0.2, 0) is 0 Å². The average molecular weight is 339 g/mol. The minimum atomic E-state index is -0.277. The van der Waals surface area contributed by atoms with Crippen LogP contribution in [0, 0.1) is 25.2 Å². The van der Waals surface area contributed by atoms with E-state index in [-0.39, 0.29) is 23.4 Å². The maximum absolute atomic E-state index is 13.2. The van der Waals surface area contributed by atoms with Crippen LogP contribution >= 0.6 is 0 Å². The van der Waals surface area contributed by atoms with E-state index in [1.165, 1.54) is 14.2 Å². The highest BCUT2D eigenvalue weighted by molar-refractivity contribution is 6.10. The molecular formula is C19H21N3O3. The van der Waals surface area contributed by atoms with Crippen LogP contribution in [0.25, 0.3) is 0 Å². The van der Waals surface area contributed by atoms with Gasteiger partial charge in [0, 0.05) is 11.1 Å². The first-order valence-electron chi connectivity index (χ1n) is 7.89. The van der Waals surface area contributed by atoms with Crippen LogP contribution in [0.4, 0.5) is 0 Å². The van der Waals surface area contributed by atoms with E-state index in [1.54, 1.807) is 12.1 Å². The normalized spacial score (nSPS) is 10.5. The summed E-state index contributed by atoms with van der Waals surface area (Å²) in [4.78, 5) is 21.7. The number of aromatic nitrogens is 2. The second kappa shape index (κ2) is 7.31. The smallest absolute Gasteiger partial charge is 0.320 e. The van der Waals surface area contributed by atoms with Gasteiger partial charge in [0.1, 0.15) is 5.69 Å². The molecule has 0 fully saturated rings. The summed E-state index contributed by atoms with van der Waals surface area (Å²) >= 11 is 0. The zero-order valence-electron chi connectivity index (χ0n) is 15.3. The van der Waals surface area contributed by atoms with E-state index in [2.05, 4.69) is 16.0 Å². The second-order valence-electron chi connectivity index (χ2n) is 6.04. The summed E-state index contributed by atoms with van der Waals surface area (Å²) in [5.74, 6) is 0.0109. The van der Waals surface area contributed by atoms with E-state index in [0.717, 1.165) is 11.1 Å². The molecule has 0 atom stereocenters. The number of carbonyl (C=O) groups excluding carboxylic acids is 1. The summed E-state index contributed by atoms with van der Waals surface area (Å²) in [6.45, 7) is 7.61. The number of nitrogens with zero attached hydrogens (tertiary/aromatic N) is 3. The van der Waals surface area contributed by atoms with Crippen LogP contribution in [0.3, 0.4) is 0 Å². The fourth-order valence-corrected chi connectivity index (χ4v) is 2.66. The fraction of sp³-hybridized carbons (Fsp3) is 0.368. The lowest BCUT2D eigenvalue weighted by Gasteiger charge is -2.16. The van der Waals surface area contributed by atoms with Gasteiger partial charge in [0.25, 0.3) is 0 Å². The van der Waals surface area contributed by atoms with Crippen molar-refractivity contribution < 1.29 is 14.3 Å². The number of nitriles is 1. The zero-order valence-corrected chi connectivity index (χ0v) is 15.3. The Hall–Kier alpha value is -2.94. The molecule has 0 aliphatic heterocycles. The minimum absolute atomic E-state index is 0.0274. The summed E-state index contributed by atoms with van der Waals surface area (Å²) in [5.41, 5.74) is 3.42. The minimum Gasteiger partial charge on any atom is -0.481 e. The van der Waals surface area contributed by atoms with Crippen molar-refractivity contribution in [1.29, 1.82) is 5.26 Å². The van der Waals surface area contributed by atoms with Gasteiger partial charge >= 0.3 is 6.01 Å². The Kier molecular flexibility index (Phi) is 5.38. The lowest BCUT2D eigenvalue weighted by atomic mass is 9.92. The first kappa shape index (κ1) is 18.4. The number of methoxy groups -OCH3 is 2. The molecule has 130 valence electrons. The largest absolute Gasteiger partial charge is 0.481 e. The van der Waals surface area contributed by atoms with Gasteiger partial charge < -0.3 is 9.47 Å². The van der Waals surface area contributed by atoms with Gasteiger partial charge in [0.15, 0.2) is 0 Å². The summed E-state index contributed by atoms with van der Waals surface area (Å²) in [7, 11) is 2.93. The number of hydrogen-bond acceptors (Lipinski definition) is 6. The SMILES string of the molecule is COc1nc(OC)c(C(C)C)c(C(=O)c2cc(C#N)cc(C)c2C)n1. The molecule has 0 saturated carbocycles. The van der Waals surface area contributed by atoms with Crippen LogP contribution in [0.15, 0.2) is 12.1 Å². The van der Waals surface area contributed by atoms with Gasteiger partial charge in [-0.25, -0.2) is 0 Å². The van der Waals surface area contributed by atoms with Crippen LogP contribution in [0.1, 0.15) is 58.1 Å². The molecule has 1 aromatic carbocycles. The van der Waals surface area contributed by atoms with Gasteiger partial charge in [-0.1, -0.05) is 13.8 Å². The molecular weight excluding hydrogens is 318 g/mol.